The van der Waals surface area contributed by atoms with E-state index in [9.17, 15) is 4.39 Å². The van der Waals surface area contributed by atoms with Crippen molar-refractivity contribution in [2.75, 3.05) is 18.6 Å². The number of ether oxygens (including phenoxy) is 1. The van der Waals surface area contributed by atoms with Crippen molar-refractivity contribution in [3.8, 4) is 17.0 Å². The van der Waals surface area contributed by atoms with Crippen LogP contribution in [0.5, 0.6) is 5.75 Å². The normalized spacial score (nSPS) is 10.9. The quantitative estimate of drug-likeness (QED) is 0.710. The molecule has 0 unspecified atom stereocenters. The molecule has 0 aliphatic carbocycles. The van der Waals surface area contributed by atoms with E-state index in [0.717, 1.165) is 16.3 Å². The molecule has 0 aliphatic heterocycles. The lowest BCUT2D eigenvalue weighted by Gasteiger charge is -2.11. The molecule has 4 N–H and O–H groups in total. The molecule has 5 heteroatoms. The Morgan fingerprint density at radius 3 is 2.55 bits per heavy atom. The van der Waals surface area contributed by atoms with Crippen LogP contribution in [0.15, 0.2) is 36.4 Å². The number of anilines is 2. The van der Waals surface area contributed by atoms with Crippen molar-refractivity contribution in [2.24, 2.45) is 0 Å². The fraction of sp³-hybridized carbons (Fsp3) is 0.118. The van der Waals surface area contributed by atoms with Crippen molar-refractivity contribution in [1.29, 1.82) is 0 Å². The van der Waals surface area contributed by atoms with Gasteiger partial charge in [-0.1, -0.05) is 12.1 Å². The van der Waals surface area contributed by atoms with Crippen molar-refractivity contribution in [1.82, 2.24) is 4.98 Å². The Morgan fingerprint density at radius 1 is 1.05 bits per heavy atom. The van der Waals surface area contributed by atoms with Crippen LogP contribution in [0.1, 0.15) is 5.56 Å². The second-order valence-corrected chi connectivity index (χ2v) is 5.13. The summed E-state index contributed by atoms with van der Waals surface area (Å²) in [6, 6.07) is 10.0. The molecule has 0 atom stereocenters. The molecule has 2 aromatic carbocycles. The fourth-order valence-electron chi connectivity index (χ4n) is 2.45. The van der Waals surface area contributed by atoms with Gasteiger partial charge in [0.1, 0.15) is 17.4 Å². The Kier molecular flexibility index (Phi) is 3.33. The number of nitrogens with two attached hydrogens (primary N) is 2. The minimum atomic E-state index is -0.390. The van der Waals surface area contributed by atoms with Crippen LogP contribution in [0.3, 0.4) is 0 Å². The van der Waals surface area contributed by atoms with Crippen LogP contribution in [0.25, 0.3) is 22.0 Å². The zero-order valence-electron chi connectivity index (χ0n) is 12.4. The second-order valence-electron chi connectivity index (χ2n) is 5.13. The van der Waals surface area contributed by atoms with Gasteiger partial charge in [-0.05, 0) is 36.8 Å². The highest BCUT2D eigenvalue weighted by molar-refractivity contribution is 6.01. The fourth-order valence-corrected chi connectivity index (χ4v) is 2.45. The van der Waals surface area contributed by atoms with Gasteiger partial charge in [-0.25, -0.2) is 9.37 Å². The summed E-state index contributed by atoms with van der Waals surface area (Å²) in [5, 5.41) is 1.53. The summed E-state index contributed by atoms with van der Waals surface area (Å²) in [6.07, 6.45) is 0. The molecule has 112 valence electrons. The zero-order valence-corrected chi connectivity index (χ0v) is 12.4. The lowest BCUT2D eigenvalue weighted by atomic mass is 10.0. The molecule has 3 aromatic rings. The summed E-state index contributed by atoms with van der Waals surface area (Å²) < 4.78 is 19.3. The van der Waals surface area contributed by atoms with E-state index in [1.807, 2.05) is 19.1 Å². The van der Waals surface area contributed by atoms with E-state index < -0.39 is 5.82 Å². The summed E-state index contributed by atoms with van der Waals surface area (Å²) in [5.74, 6) is 0.480. The molecule has 1 aromatic heterocycles. The van der Waals surface area contributed by atoms with Crippen LogP contribution in [0.4, 0.5) is 15.9 Å². The Balaban J connectivity index is 2.30. The number of nitrogens with zero attached hydrogens (tertiary/aromatic N) is 1. The summed E-state index contributed by atoms with van der Waals surface area (Å²) in [5.41, 5.74) is 14.5. The van der Waals surface area contributed by atoms with Gasteiger partial charge < -0.3 is 16.2 Å². The lowest BCUT2D eigenvalue weighted by Crippen LogP contribution is -1.99. The Hall–Kier alpha value is -2.82. The largest absolute Gasteiger partial charge is 0.497 e. The third-order valence-corrected chi connectivity index (χ3v) is 3.75. The predicted octanol–water partition coefficient (Wildman–Crippen LogP) is 3.52. The van der Waals surface area contributed by atoms with E-state index in [-0.39, 0.29) is 0 Å². The molecule has 0 aliphatic rings. The first-order chi connectivity index (χ1) is 10.5. The van der Waals surface area contributed by atoms with Gasteiger partial charge in [-0.15, -0.1) is 0 Å². The zero-order chi connectivity index (χ0) is 15.9. The number of benzene rings is 2. The number of methoxy groups -OCH3 is 1. The van der Waals surface area contributed by atoms with Gasteiger partial charge in [0.25, 0.3) is 0 Å². The molecule has 0 amide bonds. The van der Waals surface area contributed by atoms with Crippen LogP contribution in [-0.4, -0.2) is 12.1 Å². The third-order valence-electron chi connectivity index (χ3n) is 3.75. The molecule has 0 radical (unpaired) electrons. The Morgan fingerprint density at radius 2 is 1.82 bits per heavy atom. The van der Waals surface area contributed by atoms with Gasteiger partial charge in [0, 0.05) is 22.0 Å². The molecule has 0 saturated carbocycles. The van der Waals surface area contributed by atoms with E-state index in [2.05, 4.69) is 4.98 Å². The van der Waals surface area contributed by atoms with E-state index in [4.69, 9.17) is 16.2 Å². The number of aryl methyl sites for hydroxylation is 1. The topological polar surface area (TPSA) is 74.2 Å². The van der Waals surface area contributed by atoms with Crippen LogP contribution >= 0.6 is 0 Å². The highest BCUT2D eigenvalue weighted by atomic mass is 19.1. The minimum absolute atomic E-state index is 0.321. The first-order valence-corrected chi connectivity index (χ1v) is 6.80. The highest BCUT2D eigenvalue weighted by Gasteiger charge is 2.13. The van der Waals surface area contributed by atoms with E-state index in [1.165, 1.54) is 13.2 Å². The van der Waals surface area contributed by atoms with Crippen molar-refractivity contribution in [2.45, 2.75) is 6.92 Å². The molecule has 3 rings (SSSR count). The average molecular weight is 297 g/mol. The summed E-state index contributed by atoms with van der Waals surface area (Å²) >= 11 is 0. The van der Waals surface area contributed by atoms with Crippen LogP contribution < -0.4 is 16.2 Å². The molecule has 0 saturated heterocycles. The SMILES string of the molecule is COc1ccc(F)c(-c2cc3c(N)c(C)ccc3c(N)n2)c1. The summed E-state index contributed by atoms with van der Waals surface area (Å²) in [7, 11) is 1.53. The van der Waals surface area contributed by atoms with Crippen molar-refractivity contribution < 1.29 is 9.13 Å². The van der Waals surface area contributed by atoms with Gasteiger partial charge in [0.2, 0.25) is 0 Å². The first kappa shape index (κ1) is 14.1. The van der Waals surface area contributed by atoms with Crippen LogP contribution in [0, 0.1) is 12.7 Å². The number of aromatic nitrogens is 1. The van der Waals surface area contributed by atoms with Crippen molar-refractivity contribution in [3.63, 3.8) is 0 Å². The number of hydrogen-bond acceptors (Lipinski definition) is 4. The second kappa shape index (κ2) is 5.18. The molecule has 4 nitrogen and oxygen atoms in total. The third kappa shape index (κ3) is 2.20. The van der Waals surface area contributed by atoms with E-state index in [1.54, 1.807) is 18.2 Å². The van der Waals surface area contributed by atoms with Gasteiger partial charge in [0.15, 0.2) is 0 Å². The molecule has 0 spiro atoms. The van der Waals surface area contributed by atoms with E-state index in [0.29, 0.717) is 28.5 Å². The number of pyridine rings is 1. The Labute approximate surface area is 127 Å². The monoisotopic (exact) mass is 297 g/mol. The smallest absolute Gasteiger partial charge is 0.132 e. The lowest BCUT2D eigenvalue weighted by molar-refractivity contribution is 0.414. The van der Waals surface area contributed by atoms with Crippen molar-refractivity contribution in [3.05, 3.63) is 47.8 Å². The number of halogens is 1. The maximum absolute atomic E-state index is 14.1. The number of hydrogen-bond donors (Lipinski definition) is 2. The summed E-state index contributed by atoms with van der Waals surface area (Å²) in [4.78, 5) is 4.31. The highest BCUT2D eigenvalue weighted by Crippen LogP contribution is 2.33. The average Bonchev–Trinajstić information content (AvgIpc) is 2.51. The van der Waals surface area contributed by atoms with Gasteiger partial charge in [-0.3, -0.25) is 0 Å². The molecule has 0 bridgehead atoms. The van der Waals surface area contributed by atoms with Crippen molar-refractivity contribution >= 4 is 22.3 Å². The predicted molar refractivity (Wildman–Crippen MR) is 87.3 cm³/mol. The number of nitrogen functional groups attached to an aromatic ring is 2. The number of fused-ring (bicyclic) bond motifs is 1. The molecule has 0 fully saturated rings. The van der Waals surface area contributed by atoms with Crippen LogP contribution in [-0.2, 0) is 0 Å². The minimum Gasteiger partial charge on any atom is -0.497 e. The van der Waals surface area contributed by atoms with E-state index >= 15 is 0 Å². The molecule has 1 heterocycles. The molecule has 22 heavy (non-hydrogen) atoms. The first-order valence-electron chi connectivity index (χ1n) is 6.80. The maximum Gasteiger partial charge on any atom is 0.132 e. The maximum atomic E-state index is 14.1. The Bertz CT molecular complexity index is 877. The van der Waals surface area contributed by atoms with Gasteiger partial charge >= 0.3 is 0 Å². The van der Waals surface area contributed by atoms with Gasteiger partial charge in [0.05, 0.1) is 12.8 Å². The standard InChI is InChI=1S/C17H16FN3O/c1-9-3-5-11-12(16(9)19)8-15(21-17(11)20)13-7-10(22-2)4-6-14(13)18/h3-8H,19H2,1-2H3,(H2,20,21). The van der Waals surface area contributed by atoms with Gasteiger partial charge in [-0.2, -0.15) is 0 Å². The molecular weight excluding hydrogens is 281 g/mol. The van der Waals surface area contributed by atoms with Crippen LogP contribution in [0.2, 0.25) is 0 Å². The number of rotatable bonds is 2. The molecular formula is C17H16FN3O. The summed E-state index contributed by atoms with van der Waals surface area (Å²) in [6.45, 7) is 1.91.